The lowest BCUT2D eigenvalue weighted by molar-refractivity contribution is -0.134. The molecule has 0 aliphatic carbocycles. The Balaban J connectivity index is 1.76. The molecule has 1 N–H and O–H groups in total. The third-order valence-corrected chi connectivity index (χ3v) is 3.70. The van der Waals surface area contributed by atoms with Crippen molar-refractivity contribution in [2.75, 3.05) is 52.9 Å². The molecule has 98 valence electrons. The van der Waals surface area contributed by atoms with E-state index >= 15 is 0 Å². The van der Waals surface area contributed by atoms with Gasteiger partial charge in [-0.2, -0.15) is 0 Å². The van der Waals surface area contributed by atoms with Crippen LogP contribution >= 0.6 is 0 Å². The minimum atomic E-state index is -0.246. The molecule has 2 aliphatic heterocycles. The zero-order valence-electron chi connectivity index (χ0n) is 10.6. The number of β-amino-alcohol motifs (C(OH)–C–C–N with tert-alkyl or cyclic N) is 1. The first-order chi connectivity index (χ1) is 8.15. The summed E-state index contributed by atoms with van der Waals surface area (Å²) in [5.41, 5.74) is 0. The molecule has 2 heterocycles. The van der Waals surface area contributed by atoms with Gasteiger partial charge >= 0.3 is 0 Å². The number of piperazine rings is 1. The minimum Gasteiger partial charge on any atom is -0.392 e. The summed E-state index contributed by atoms with van der Waals surface area (Å²) in [6, 6.07) is 0. The van der Waals surface area contributed by atoms with Gasteiger partial charge in [-0.15, -0.1) is 0 Å². The lowest BCUT2D eigenvalue weighted by Crippen LogP contribution is -2.51. The molecule has 2 saturated heterocycles. The van der Waals surface area contributed by atoms with Crippen molar-refractivity contribution >= 4 is 5.91 Å². The number of nitrogens with zero attached hydrogens (tertiary/aromatic N) is 3. The average molecular weight is 241 g/mol. The Bertz CT molecular complexity index is 264. The van der Waals surface area contributed by atoms with Gasteiger partial charge in [-0.3, -0.25) is 9.69 Å². The Labute approximate surface area is 103 Å². The van der Waals surface area contributed by atoms with Crippen molar-refractivity contribution < 1.29 is 9.90 Å². The summed E-state index contributed by atoms with van der Waals surface area (Å²) in [6.07, 6.45) is 1.63. The van der Waals surface area contributed by atoms with E-state index in [0.29, 0.717) is 13.1 Å². The molecule has 2 rings (SSSR count). The van der Waals surface area contributed by atoms with E-state index in [1.807, 2.05) is 4.90 Å². The highest BCUT2D eigenvalue weighted by atomic mass is 16.3. The maximum Gasteiger partial charge on any atom is 0.236 e. The lowest BCUT2D eigenvalue weighted by atomic mass is 10.1. The van der Waals surface area contributed by atoms with Crippen LogP contribution in [0.2, 0.25) is 0 Å². The first kappa shape index (κ1) is 12.8. The number of aliphatic hydroxyl groups is 1. The normalized spacial score (nSPS) is 28.4. The van der Waals surface area contributed by atoms with Crippen molar-refractivity contribution in [3.63, 3.8) is 0 Å². The van der Waals surface area contributed by atoms with Crippen LogP contribution in [0.15, 0.2) is 0 Å². The maximum absolute atomic E-state index is 12.1. The number of hydrogen-bond donors (Lipinski definition) is 1. The van der Waals surface area contributed by atoms with Crippen LogP contribution in [0, 0.1) is 0 Å². The van der Waals surface area contributed by atoms with Gasteiger partial charge < -0.3 is 14.9 Å². The van der Waals surface area contributed by atoms with Crippen molar-refractivity contribution in [2.45, 2.75) is 18.9 Å². The second-order valence-electron chi connectivity index (χ2n) is 5.22. The second-order valence-corrected chi connectivity index (χ2v) is 5.22. The van der Waals surface area contributed by atoms with Crippen LogP contribution in [-0.4, -0.2) is 84.7 Å². The fourth-order valence-corrected chi connectivity index (χ4v) is 2.52. The van der Waals surface area contributed by atoms with E-state index in [9.17, 15) is 9.90 Å². The monoisotopic (exact) mass is 241 g/mol. The van der Waals surface area contributed by atoms with Crippen molar-refractivity contribution in [3.05, 3.63) is 0 Å². The van der Waals surface area contributed by atoms with E-state index < -0.39 is 0 Å². The van der Waals surface area contributed by atoms with Gasteiger partial charge in [0.1, 0.15) is 0 Å². The first-order valence-corrected chi connectivity index (χ1v) is 6.52. The molecule has 5 nitrogen and oxygen atoms in total. The topological polar surface area (TPSA) is 47.0 Å². The molecule has 0 spiro atoms. The Morgan fingerprint density at radius 1 is 1.24 bits per heavy atom. The quantitative estimate of drug-likeness (QED) is 0.689. The fourth-order valence-electron chi connectivity index (χ4n) is 2.52. The summed E-state index contributed by atoms with van der Waals surface area (Å²) >= 11 is 0. The average Bonchev–Trinajstić information content (AvgIpc) is 2.29. The molecule has 0 saturated carbocycles. The third kappa shape index (κ3) is 3.66. The molecule has 2 aliphatic rings. The number of aliphatic hydroxyl groups excluding tert-OH is 1. The van der Waals surface area contributed by atoms with Crippen molar-refractivity contribution in [1.82, 2.24) is 14.7 Å². The van der Waals surface area contributed by atoms with Crippen LogP contribution in [0.4, 0.5) is 0 Å². The highest BCUT2D eigenvalue weighted by Gasteiger charge is 2.24. The summed E-state index contributed by atoms with van der Waals surface area (Å²) in [5, 5.41) is 9.56. The molecular formula is C12H23N3O2. The van der Waals surface area contributed by atoms with Gasteiger partial charge in [-0.05, 0) is 26.4 Å². The molecule has 0 unspecified atom stereocenters. The number of amides is 1. The molecule has 5 heteroatoms. The molecule has 1 atom stereocenters. The van der Waals surface area contributed by atoms with E-state index in [-0.39, 0.29) is 12.0 Å². The lowest BCUT2D eigenvalue weighted by Gasteiger charge is -2.35. The predicted molar refractivity (Wildman–Crippen MR) is 65.8 cm³/mol. The number of hydrogen-bond acceptors (Lipinski definition) is 4. The zero-order chi connectivity index (χ0) is 12.3. The van der Waals surface area contributed by atoms with E-state index in [2.05, 4.69) is 16.8 Å². The van der Waals surface area contributed by atoms with Crippen molar-refractivity contribution in [1.29, 1.82) is 0 Å². The predicted octanol–water partition coefficient (Wildman–Crippen LogP) is -0.783. The number of carbonyl (C=O) groups excluding carboxylic acids is 1. The van der Waals surface area contributed by atoms with Gasteiger partial charge in [-0.1, -0.05) is 0 Å². The molecule has 0 aromatic heterocycles. The first-order valence-electron chi connectivity index (χ1n) is 6.52. The SMILES string of the molecule is CN1CCN(C(=O)CN2CCC[C@H](O)C2)CC1. The van der Waals surface area contributed by atoms with E-state index in [1.54, 1.807) is 0 Å². The number of piperidine rings is 1. The smallest absolute Gasteiger partial charge is 0.236 e. The molecule has 0 aromatic rings. The molecule has 1 amide bonds. The number of likely N-dealkylation sites (N-methyl/N-ethyl adjacent to an activating group) is 1. The van der Waals surface area contributed by atoms with Gasteiger partial charge in [0.2, 0.25) is 5.91 Å². The van der Waals surface area contributed by atoms with E-state index in [0.717, 1.165) is 45.6 Å². The summed E-state index contributed by atoms with van der Waals surface area (Å²) < 4.78 is 0. The van der Waals surface area contributed by atoms with Crippen molar-refractivity contribution in [2.24, 2.45) is 0 Å². The molecule has 2 fully saturated rings. The van der Waals surface area contributed by atoms with Gasteiger partial charge in [-0.25, -0.2) is 0 Å². The Morgan fingerprint density at radius 2 is 1.94 bits per heavy atom. The fraction of sp³-hybridized carbons (Fsp3) is 0.917. The maximum atomic E-state index is 12.1. The van der Waals surface area contributed by atoms with Crippen LogP contribution in [0.25, 0.3) is 0 Å². The Kier molecular flexibility index (Phi) is 4.36. The van der Waals surface area contributed by atoms with Crippen LogP contribution in [0.3, 0.4) is 0 Å². The number of likely N-dealkylation sites (tertiary alicyclic amines) is 1. The van der Waals surface area contributed by atoms with Crippen LogP contribution < -0.4 is 0 Å². The molecule has 0 bridgehead atoms. The third-order valence-electron chi connectivity index (χ3n) is 3.70. The Hall–Kier alpha value is -0.650. The van der Waals surface area contributed by atoms with Gasteiger partial charge in [0.25, 0.3) is 0 Å². The summed E-state index contributed by atoms with van der Waals surface area (Å²) in [5.74, 6) is 0.215. The highest BCUT2D eigenvalue weighted by Crippen LogP contribution is 2.10. The summed E-state index contributed by atoms with van der Waals surface area (Å²) in [6.45, 7) is 5.68. The zero-order valence-corrected chi connectivity index (χ0v) is 10.6. The second kappa shape index (κ2) is 5.80. The number of carbonyl (C=O) groups is 1. The van der Waals surface area contributed by atoms with Crippen LogP contribution in [0.5, 0.6) is 0 Å². The van der Waals surface area contributed by atoms with Gasteiger partial charge in [0.15, 0.2) is 0 Å². The molecule has 17 heavy (non-hydrogen) atoms. The Morgan fingerprint density at radius 3 is 2.59 bits per heavy atom. The standard InChI is InChI=1S/C12H23N3O2/c1-13-5-7-15(8-6-13)12(17)10-14-4-2-3-11(16)9-14/h11,16H,2-10H2,1H3/t11-/m0/s1. The van der Waals surface area contributed by atoms with E-state index in [4.69, 9.17) is 0 Å². The van der Waals surface area contributed by atoms with Crippen molar-refractivity contribution in [3.8, 4) is 0 Å². The molecule has 0 radical (unpaired) electrons. The number of rotatable bonds is 2. The largest absolute Gasteiger partial charge is 0.392 e. The summed E-state index contributed by atoms with van der Waals surface area (Å²) in [4.78, 5) is 18.3. The summed E-state index contributed by atoms with van der Waals surface area (Å²) in [7, 11) is 2.09. The van der Waals surface area contributed by atoms with Gasteiger partial charge in [0.05, 0.1) is 12.6 Å². The van der Waals surface area contributed by atoms with Crippen LogP contribution in [-0.2, 0) is 4.79 Å². The molecule has 0 aromatic carbocycles. The van der Waals surface area contributed by atoms with Crippen LogP contribution in [0.1, 0.15) is 12.8 Å². The minimum absolute atomic E-state index is 0.215. The highest BCUT2D eigenvalue weighted by molar-refractivity contribution is 5.78. The van der Waals surface area contributed by atoms with Gasteiger partial charge in [0, 0.05) is 32.7 Å². The van der Waals surface area contributed by atoms with E-state index in [1.165, 1.54) is 0 Å². The molecular weight excluding hydrogens is 218 g/mol.